The number of aliphatic carboxylic acids is 1. The minimum absolute atomic E-state index is 0.0338. The van der Waals surface area contributed by atoms with E-state index in [0.29, 0.717) is 0 Å². The summed E-state index contributed by atoms with van der Waals surface area (Å²) in [5.41, 5.74) is 0. The van der Waals surface area contributed by atoms with E-state index in [1.54, 1.807) is 13.2 Å². The molecule has 2 N–H and O–H groups in total. The third-order valence-corrected chi connectivity index (χ3v) is 2.90. The number of alkyl halides is 3. The molecular weight excluding hydrogens is 273 g/mol. The lowest BCUT2D eigenvalue weighted by atomic mass is 10.4. The average Bonchev–Trinajstić information content (AvgIpc) is 2.21. The highest BCUT2D eigenvalue weighted by atomic mass is 32.2. The van der Waals surface area contributed by atoms with E-state index in [1.807, 2.05) is 0 Å². The van der Waals surface area contributed by atoms with Crippen LogP contribution in [0.15, 0.2) is 0 Å². The van der Waals surface area contributed by atoms with Crippen LogP contribution in [0.25, 0.3) is 0 Å². The molecule has 0 aromatic carbocycles. The Morgan fingerprint density at radius 1 is 1.44 bits per heavy atom. The molecule has 2 amide bonds. The van der Waals surface area contributed by atoms with E-state index in [4.69, 9.17) is 5.11 Å². The number of nitrogens with zero attached hydrogens (tertiary/aromatic N) is 1. The largest absolute Gasteiger partial charge is 0.480 e. The number of nitrogens with one attached hydrogen (secondary N) is 1. The second-order valence-corrected chi connectivity index (χ2v) is 4.87. The lowest BCUT2D eigenvalue weighted by molar-refractivity contribution is -0.148. The zero-order chi connectivity index (χ0) is 14.3. The van der Waals surface area contributed by atoms with Gasteiger partial charge in [-0.3, -0.25) is 4.79 Å². The summed E-state index contributed by atoms with van der Waals surface area (Å²) < 4.78 is 36.5. The number of carbonyl (C=O) groups is 2. The highest BCUT2D eigenvalue weighted by Crippen LogP contribution is 2.16. The van der Waals surface area contributed by atoms with Crippen LogP contribution in [0.4, 0.5) is 18.0 Å². The van der Waals surface area contributed by atoms with Crippen molar-refractivity contribution in [2.45, 2.75) is 18.3 Å². The average molecular weight is 288 g/mol. The fourth-order valence-corrected chi connectivity index (χ4v) is 1.26. The lowest BCUT2D eigenvalue weighted by Crippen LogP contribution is -2.48. The lowest BCUT2D eigenvalue weighted by Gasteiger charge is -2.23. The smallest absolute Gasteiger partial charge is 0.406 e. The predicted octanol–water partition coefficient (Wildman–Crippen LogP) is 1.40. The van der Waals surface area contributed by atoms with Crippen LogP contribution in [0.2, 0.25) is 0 Å². The third-order valence-electron chi connectivity index (χ3n) is 1.93. The Bertz CT molecular complexity index is 299. The molecule has 1 atom stereocenters. The SMILES string of the molecule is CSC(C)CNC(=O)N(CC(=O)O)CC(F)(F)F. The molecule has 0 aliphatic heterocycles. The predicted molar refractivity (Wildman–Crippen MR) is 61.6 cm³/mol. The van der Waals surface area contributed by atoms with Gasteiger partial charge in [-0.05, 0) is 6.26 Å². The van der Waals surface area contributed by atoms with Gasteiger partial charge < -0.3 is 15.3 Å². The monoisotopic (exact) mass is 288 g/mol. The molecule has 0 aromatic rings. The van der Waals surface area contributed by atoms with Crippen LogP contribution in [0.3, 0.4) is 0 Å². The summed E-state index contributed by atoms with van der Waals surface area (Å²) in [5.74, 6) is -1.49. The molecule has 0 aliphatic rings. The number of urea groups is 1. The molecule has 0 heterocycles. The van der Waals surface area contributed by atoms with Gasteiger partial charge in [-0.15, -0.1) is 0 Å². The van der Waals surface area contributed by atoms with Crippen LogP contribution in [0.5, 0.6) is 0 Å². The van der Waals surface area contributed by atoms with Gasteiger partial charge in [0, 0.05) is 11.8 Å². The van der Waals surface area contributed by atoms with Crippen molar-refractivity contribution in [2.24, 2.45) is 0 Å². The third kappa shape index (κ3) is 8.04. The van der Waals surface area contributed by atoms with Gasteiger partial charge in [0.25, 0.3) is 0 Å². The number of halogens is 3. The molecule has 9 heteroatoms. The fourth-order valence-electron chi connectivity index (χ4n) is 1.01. The Hall–Kier alpha value is -1.12. The summed E-state index contributed by atoms with van der Waals surface area (Å²) in [6.07, 6.45) is -2.83. The van der Waals surface area contributed by atoms with E-state index in [0.717, 1.165) is 0 Å². The van der Waals surface area contributed by atoms with Gasteiger partial charge in [-0.25, -0.2) is 4.79 Å². The number of hydrogen-bond donors (Lipinski definition) is 2. The van der Waals surface area contributed by atoms with E-state index < -0.39 is 31.3 Å². The summed E-state index contributed by atoms with van der Waals surface area (Å²) in [6, 6.07) is -1.03. The van der Waals surface area contributed by atoms with Crippen molar-refractivity contribution in [2.75, 3.05) is 25.9 Å². The molecule has 0 aliphatic carbocycles. The quantitative estimate of drug-likeness (QED) is 0.775. The Labute approximate surface area is 107 Å². The number of carboxylic acids is 1. The summed E-state index contributed by atoms with van der Waals surface area (Å²) in [5, 5.41) is 10.8. The van der Waals surface area contributed by atoms with Crippen LogP contribution < -0.4 is 5.32 Å². The first kappa shape index (κ1) is 16.9. The number of hydrogen-bond acceptors (Lipinski definition) is 3. The number of rotatable bonds is 6. The molecule has 5 nitrogen and oxygen atoms in total. The Morgan fingerprint density at radius 2 is 2.00 bits per heavy atom. The van der Waals surface area contributed by atoms with Gasteiger partial charge in [0.15, 0.2) is 0 Å². The highest BCUT2D eigenvalue weighted by molar-refractivity contribution is 7.99. The summed E-state index contributed by atoms with van der Waals surface area (Å²) in [7, 11) is 0. The minimum atomic E-state index is -4.63. The first-order valence-electron chi connectivity index (χ1n) is 5.00. The van der Waals surface area contributed by atoms with Crippen molar-refractivity contribution in [1.29, 1.82) is 0 Å². The first-order chi connectivity index (χ1) is 8.15. The zero-order valence-electron chi connectivity index (χ0n) is 9.95. The van der Waals surface area contributed by atoms with Crippen molar-refractivity contribution in [3.05, 3.63) is 0 Å². The van der Waals surface area contributed by atoms with Crippen LogP contribution in [-0.2, 0) is 4.79 Å². The Morgan fingerprint density at radius 3 is 2.39 bits per heavy atom. The molecule has 0 bridgehead atoms. The van der Waals surface area contributed by atoms with Crippen molar-refractivity contribution >= 4 is 23.8 Å². The van der Waals surface area contributed by atoms with Crippen molar-refractivity contribution < 1.29 is 27.9 Å². The molecule has 106 valence electrons. The maximum absolute atomic E-state index is 12.2. The van der Waals surface area contributed by atoms with Crippen LogP contribution in [0.1, 0.15) is 6.92 Å². The van der Waals surface area contributed by atoms with Gasteiger partial charge in [-0.1, -0.05) is 6.92 Å². The summed E-state index contributed by atoms with van der Waals surface area (Å²) >= 11 is 1.43. The van der Waals surface area contributed by atoms with Crippen molar-refractivity contribution in [3.8, 4) is 0 Å². The topological polar surface area (TPSA) is 69.6 Å². The maximum atomic E-state index is 12.2. The molecule has 0 aromatic heterocycles. The van der Waals surface area contributed by atoms with Gasteiger partial charge >= 0.3 is 18.2 Å². The van der Waals surface area contributed by atoms with Gasteiger partial charge in [0.05, 0.1) is 0 Å². The van der Waals surface area contributed by atoms with E-state index in [1.165, 1.54) is 11.8 Å². The van der Waals surface area contributed by atoms with E-state index in [2.05, 4.69) is 5.32 Å². The van der Waals surface area contributed by atoms with Crippen molar-refractivity contribution in [1.82, 2.24) is 10.2 Å². The normalized spacial score (nSPS) is 12.9. The second kappa shape index (κ2) is 7.34. The highest BCUT2D eigenvalue weighted by Gasteiger charge is 2.33. The molecule has 18 heavy (non-hydrogen) atoms. The summed E-state index contributed by atoms with van der Waals surface area (Å²) in [6.45, 7) is -0.609. The van der Waals surface area contributed by atoms with E-state index >= 15 is 0 Å². The van der Waals surface area contributed by atoms with Gasteiger partial charge in [-0.2, -0.15) is 24.9 Å². The fraction of sp³-hybridized carbons (Fsp3) is 0.778. The Kier molecular flexibility index (Phi) is 6.89. The molecule has 1 unspecified atom stereocenters. The Balaban J connectivity index is 4.45. The first-order valence-corrected chi connectivity index (χ1v) is 6.28. The maximum Gasteiger partial charge on any atom is 0.406 e. The van der Waals surface area contributed by atoms with Crippen LogP contribution in [0, 0.1) is 0 Å². The zero-order valence-corrected chi connectivity index (χ0v) is 10.8. The molecular formula is C9H15F3N2O3S. The second-order valence-electron chi connectivity index (χ2n) is 3.60. The van der Waals surface area contributed by atoms with E-state index in [9.17, 15) is 22.8 Å². The minimum Gasteiger partial charge on any atom is -0.480 e. The van der Waals surface area contributed by atoms with Crippen LogP contribution in [-0.4, -0.2) is 59.3 Å². The molecule has 0 saturated carbocycles. The number of thioether (sulfide) groups is 1. The molecule has 0 saturated heterocycles. The van der Waals surface area contributed by atoms with Gasteiger partial charge in [0.2, 0.25) is 0 Å². The summed E-state index contributed by atoms with van der Waals surface area (Å²) in [4.78, 5) is 22.0. The van der Waals surface area contributed by atoms with Crippen LogP contribution >= 0.6 is 11.8 Å². The number of carboxylic acid groups (broad SMARTS) is 1. The van der Waals surface area contributed by atoms with Gasteiger partial charge in [0.1, 0.15) is 13.1 Å². The number of amides is 2. The number of carbonyl (C=O) groups excluding carboxylic acids is 1. The molecule has 0 rings (SSSR count). The molecule has 0 fully saturated rings. The standard InChI is InChI=1S/C9H15F3N2O3S/c1-6(18-2)3-13-8(17)14(4-7(15)16)5-9(10,11)12/h6H,3-5H2,1-2H3,(H,13,17)(H,15,16). The molecule has 0 spiro atoms. The van der Waals surface area contributed by atoms with E-state index in [-0.39, 0.29) is 16.7 Å². The van der Waals surface area contributed by atoms with Crippen molar-refractivity contribution in [3.63, 3.8) is 0 Å². The molecule has 0 radical (unpaired) electrons.